The van der Waals surface area contributed by atoms with Crippen LogP contribution in [0.25, 0.3) is 11.1 Å². The molecule has 0 spiro atoms. The smallest absolute Gasteiger partial charge is 0.408 e. The molecule has 0 amide bonds. The van der Waals surface area contributed by atoms with E-state index in [0.29, 0.717) is 12.1 Å². The van der Waals surface area contributed by atoms with Crippen LogP contribution in [0.5, 0.6) is 0 Å². The second-order valence-corrected chi connectivity index (χ2v) is 6.87. The van der Waals surface area contributed by atoms with Crippen molar-refractivity contribution in [3.8, 4) is 0 Å². The molecule has 0 radical (unpaired) electrons. The van der Waals surface area contributed by atoms with Crippen LogP contribution in [0.3, 0.4) is 0 Å². The highest BCUT2D eigenvalue weighted by Crippen LogP contribution is 2.13. The summed E-state index contributed by atoms with van der Waals surface area (Å²) < 4.78 is 7.04. The molecule has 0 saturated carbocycles. The van der Waals surface area contributed by atoms with Crippen LogP contribution in [0.15, 0.2) is 51.8 Å². The standard InChI is InChI=1S/C20H24N4O2/c1-16-5-4-8-21-17(16)15-23-11-9-22(10-12-23)13-14-24-18-6-2-3-7-19(18)26-20(24)25/h2-8H,9-15H2,1H3. The highest BCUT2D eigenvalue weighted by molar-refractivity contribution is 5.72. The van der Waals surface area contributed by atoms with Crippen molar-refractivity contribution in [1.29, 1.82) is 0 Å². The number of piperazine rings is 1. The Hall–Kier alpha value is -2.44. The lowest BCUT2D eigenvalue weighted by molar-refractivity contribution is 0.122. The van der Waals surface area contributed by atoms with Crippen LogP contribution in [0.4, 0.5) is 0 Å². The zero-order valence-electron chi connectivity index (χ0n) is 15.1. The molecule has 136 valence electrons. The number of para-hydroxylation sites is 2. The summed E-state index contributed by atoms with van der Waals surface area (Å²) in [6.45, 7) is 8.62. The minimum atomic E-state index is -0.268. The summed E-state index contributed by atoms with van der Waals surface area (Å²) in [4.78, 5) is 21.4. The Morgan fingerprint density at radius 1 is 1.00 bits per heavy atom. The molecule has 1 aliphatic heterocycles. The van der Waals surface area contributed by atoms with Crippen molar-refractivity contribution in [3.05, 3.63) is 64.4 Å². The van der Waals surface area contributed by atoms with E-state index in [9.17, 15) is 4.79 Å². The third-order valence-electron chi connectivity index (χ3n) is 5.17. The molecule has 2 aromatic heterocycles. The summed E-state index contributed by atoms with van der Waals surface area (Å²) in [5.74, 6) is -0.268. The molecule has 6 nitrogen and oxygen atoms in total. The van der Waals surface area contributed by atoms with E-state index < -0.39 is 0 Å². The minimum absolute atomic E-state index is 0.268. The van der Waals surface area contributed by atoms with Gasteiger partial charge >= 0.3 is 5.76 Å². The van der Waals surface area contributed by atoms with Gasteiger partial charge in [0.05, 0.1) is 11.2 Å². The number of nitrogens with zero attached hydrogens (tertiary/aromatic N) is 4. The molecular formula is C20H24N4O2. The number of hydrogen-bond acceptors (Lipinski definition) is 5. The lowest BCUT2D eigenvalue weighted by Crippen LogP contribution is -2.47. The highest BCUT2D eigenvalue weighted by Gasteiger charge is 2.18. The van der Waals surface area contributed by atoms with Gasteiger partial charge in [0, 0.05) is 52.0 Å². The number of aryl methyl sites for hydroxylation is 1. The molecule has 0 unspecified atom stereocenters. The molecule has 0 bridgehead atoms. The first-order chi connectivity index (χ1) is 12.7. The topological polar surface area (TPSA) is 54.5 Å². The largest absolute Gasteiger partial charge is 0.419 e. The third-order valence-corrected chi connectivity index (χ3v) is 5.17. The van der Waals surface area contributed by atoms with Gasteiger partial charge in [0.15, 0.2) is 5.58 Å². The summed E-state index contributed by atoms with van der Waals surface area (Å²) in [6.07, 6.45) is 1.87. The van der Waals surface area contributed by atoms with E-state index in [4.69, 9.17) is 4.42 Å². The lowest BCUT2D eigenvalue weighted by atomic mass is 10.2. The van der Waals surface area contributed by atoms with Gasteiger partial charge < -0.3 is 4.42 Å². The Morgan fingerprint density at radius 3 is 2.58 bits per heavy atom. The van der Waals surface area contributed by atoms with Crippen LogP contribution in [-0.2, 0) is 13.1 Å². The monoisotopic (exact) mass is 352 g/mol. The summed E-state index contributed by atoms with van der Waals surface area (Å²) in [5.41, 5.74) is 3.95. The number of hydrogen-bond donors (Lipinski definition) is 0. The zero-order valence-corrected chi connectivity index (χ0v) is 15.1. The maximum atomic E-state index is 12.1. The molecule has 1 fully saturated rings. The van der Waals surface area contributed by atoms with Gasteiger partial charge in [-0.1, -0.05) is 18.2 Å². The van der Waals surface area contributed by atoms with Crippen molar-refractivity contribution < 1.29 is 4.42 Å². The van der Waals surface area contributed by atoms with Crippen molar-refractivity contribution in [1.82, 2.24) is 19.4 Å². The van der Waals surface area contributed by atoms with Gasteiger partial charge in [-0.3, -0.25) is 19.4 Å². The number of aromatic nitrogens is 2. The van der Waals surface area contributed by atoms with Crippen LogP contribution in [0.1, 0.15) is 11.3 Å². The first kappa shape index (κ1) is 17.0. The van der Waals surface area contributed by atoms with Crippen LogP contribution in [0.2, 0.25) is 0 Å². The Bertz CT molecular complexity index is 938. The predicted octanol–water partition coefficient (Wildman–Crippen LogP) is 2.12. The molecule has 0 atom stereocenters. The molecule has 1 saturated heterocycles. The van der Waals surface area contributed by atoms with Crippen LogP contribution in [0, 0.1) is 6.92 Å². The zero-order chi connectivity index (χ0) is 17.9. The highest BCUT2D eigenvalue weighted by atomic mass is 16.4. The second-order valence-electron chi connectivity index (χ2n) is 6.87. The summed E-state index contributed by atoms with van der Waals surface area (Å²) in [6, 6.07) is 11.7. The van der Waals surface area contributed by atoms with Crippen molar-refractivity contribution in [3.63, 3.8) is 0 Å². The molecular weight excluding hydrogens is 328 g/mol. The fraction of sp³-hybridized carbons (Fsp3) is 0.400. The second kappa shape index (κ2) is 7.43. The molecule has 4 rings (SSSR count). The summed E-state index contributed by atoms with van der Waals surface area (Å²) >= 11 is 0. The van der Waals surface area contributed by atoms with Crippen LogP contribution < -0.4 is 5.76 Å². The number of pyridine rings is 1. The average Bonchev–Trinajstić information content (AvgIpc) is 2.98. The van der Waals surface area contributed by atoms with Crippen molar-refractivity contribution in [2.45, 2.75) is 20.0 Å². The Labute approximate surface area is 152 Å². The molecule has 0 N–H and O–H groups in total. The number of rotatable bonds is 5. The van der Waals surface area contributed by atoms with Crippen LogP contribution >= 0.6 is 0 Å². The number of oxazole rings is 1. The molecule has 1 aliphatic rings. The van der Waals surface area contributed by atoms with Gasteiger partial charge in [-0.25, -0.2) is 4.79 Å². The molecule has 3 heterocycles. The summed E-state index contributed by atoms with van der Waals surface area (Å²) in [5, 5.41) is 0. The molecule has 26 heavy (non-hydrogen) atoms. The van der Waals surface area contributed by atoms with Gasteiger partial charge in [0.1, 0.15) is 0 Å². The first-order valence-corrected chi connectivity index (χ1v) is 9.14. The van der Waals surface area contributed by atoms with Crippen molar-refractivity contribution >= 4 is 11.1 Å². The van der Waals surface area contributed by atoms with Crippen molar-refractivity contribution in [2.24, 2.45) is 0 Å². The van der Waals surface area contributed by atoms with E-state index in [-0.39, 0.29) is 5.76 Å². The third kappa shape index (κ3) is 3.57. The SMILES string of the molecule is Cc1cccnc1CN1CCN(CCn2c(=O)oc3ccccc32)CC1. The molecule has 1 aromatic carbocycles. The predicted molar refractivity (Wildman–Crippen MR) is 101 cm³/mol. The van der Waals surface area contributed by atoms with Gasteiger partial charge in [0.2, 0.25) is 0 Å². The van der Waals surface area contributed by atoms with E-state index >= 15 is 0 Å². The normalized spacial score (nSPS) is 16.3. The Morgan fingerprint density at radius 2 is 1.77 bits per heavy atom. The van der Waals surface area contributed by atoms with E-state index in [1.165, 1.54) is 5.56 Å². The first-order valence-electron chi connectivity index (χ1n) is 9.14. The van der Waals surface area contributed by atoms with Crippen molar-refractivity contribution in [2.75, 3.05) is 32.7 Å². The summed E-state index contributed by atoms with van der Waals surface area (Å²) in [7, 11) is 0. The fourth-order valence-corrected chi connectivity index (χ4v) is 3.53. The Balaban J connectivity index is 1.32. The maximum Gasteiger partial charge on any atom is 0.419 e. The van der Waals surface area contributed by atoms with E-state index in [1.807, 2.05) is 36.5 Å². The Kier molecular flexibility index (Phi) is 4.86. The minimum Gasteiger partial charge on any atom is -0.408 e. The van der Waals surface area contributed by atoms with Gasteiger partial charge in [-0.2, -0.15) is 0 Å². The van der Waals surface area contributed by atoms with Gasteiger partial charge in [0.25, 0.3) is 0 Å². The average molecular weight is 352 g/mol. The molecule has 6 heteroatoms. The van der Waals surface area contributed by atoms with E-state index in [2.05, 4.69) is 27.8 Å². The number of fused-ring (bicyclic) bond motifs is 1. The maximum absolute atomic E-state index is 12.1. The van der Waals surface area contributed by atoms with E-state index in [0.717, 1.165) is 50.5 Å². The fourth-order valence-electron chi connectivity index (χ4n) is 3.53. The quantitative estimate of drug-likeness (QED) is 0.704. The van der Waals surface area contributed by atoms with E-state index in [1.54, 1.807) is 4.57 Å². The van der Waals surface area contributed by atoms with Gasteiger partial charge in [-0.05, 0) is 30.7 Å². The lowest BCUT2D eigenvalue weighted by Gasteiger charge is -2.34. The molecule has 0 aliphatic carbocycles. The van der Waals surface area contributed by atoms with Gasteiger partial charge in [-0.15, -0.1) is 0 Å². The van der Waals surface area contributed by atoms with Crippen LogP contribution in [-0.4, -0.2) is 52.1 Å². The number of benzene rings is 1. The molecule has 3 aromatic rings.